The number of carbonyl (C=O) groups is 6. The van der Waals surface area contributed by atoms with E-state index in [0.29, 0.717) is 83.5 Å². The Kier molecular flexibility index (Phi) is 94.8. The maximum Gasteiger partial charge on any atom is 0.508 e. The Balaban J connectivity index is -0.00000197. The predicted octanol–water partition coefficient (Wildman–Crippen LogP) is 26.0. The van der Waals surface area contributed by atoms with Crippen LogP contribution in [0.1, 0.15) is 455 Å². The maximum absolute atomic E-state index is 12.9. The highest BCUT2D eigenvalue weighted by atomic mass is 16.7. The van der Waals surface area contributed by atoms with E-state index < -0.39 is 18.3 Å². The molecule has 0 bridgehead atoms. The summed E-state index contributed by atoms with van der Waals surface area (Å²) in [5.74, 6) is 0.186. The molecule has 0 amide bonds. The molecule has 0 aromatic carbocycles. The summed E-state index contributed by atoms with van der Waals surface area (Å²) in [6, 6.07) is 0. The Morgan fingerprint density at radius 1 is 0.248 bits per heavy atom. The molecular formula is C98H194N4O15. The zero-order valence-electron chi connectivity index (χ0n) is 79.0. The number of likely N-dealkylation sites (N-methyl/N-ethyl adjacent to an activating group) is 2. The Hall–Kier alpha value is -3.78. The number of carboxylic acid groups (broad SMARTS) is 1. The number of carboxylic acids is 1. The van der Waals surface area contributed by atoms with Crippen molar-refractivity contribution in [3.8, 4) is 0 Å². The molecule has 0 spiro atoms. The maximum atomic E-state index is 12.9. The number of aliphatic hydroxyl groups excluding tert-OH is 1. The molecule has 0 heterocycles. The Morgan fingerprint density at radius 2 is 0.487 bits per heavy atom. The third-order valence-corrected chi connectivity index (χ3v) is 23.0. The van der Waals surface area contributed by atoms with Gasteiger partial charge in [-0.05, 0) is 141 Å². The Labute approximate surface area is 722 Å². The SMILES string of the molecule is CCCCCCC(CCCC)COC(=O)CCCCCCCCC(CCCCCC)OC(=O)OCCN(CCO)CCN(CC)CC.CCCCCCCCCC(=O)O.CCCCCCCCCC(=O)OCCN(CCOC(=O)OC(CCCCCC)CCCCCCCCC(=O)OCC(CCCC)CCCCCC)CCN(CC)CC. The van der Waals surface area contributed by atoms with Crippen LogP contribution in [0.4, 0.5) is 9.59 Å². The molecule has 0 aromatic rings. The summed E-state index contributed by atoms with van der Waals surface area (Å²) in [6.45, 7) is 38.4. The molecule has 0 aromatic heterocycles. The van der Waals surface area contributed by atoms with Crippen LogP contribution in [-0.2, 0) is 52.3 Å². The molecule has 0 radical (unpaired) electrons. The van der Waals surface area contributed by atoms with Gasteiger partial charge in [0.25, 0.3) is 0 Å². The van der Waals surface area contributed by atoms with Crippen molar-refractivity contribution >= 4 is 36.2 Å². The molecule has 2 N–H and O–H groups in total. The van der Waals surface area contributed by atoms with E-state index in [1.807, 2.05) is 0 Å². The molecule has 117 heavy (non-hydrogen) atoms. The molecule has 4 atom stereocenters. The summed E-state index contributed by atoms with van der Waals surface area (Å²) in [6.07, 6.45) is 62.0. The van der Waals surface area contributed by atoms with Gasteiger partial charge in [-0.15, -0.1) is 0 Å². The van der Waals surface area contributed by atoms with E-state index in [-0.39, 0.29) is 49.9 Å². The lowest BCUT2D eigenvalue weighted by atomic mass is 9.96. The van der Waals surface area contributed by atoms with E-state index in [4.69, 9.17) is 38.3 Å². The van der Waals surface area contributed by atoms with Crippen LogP contribution in [0.25, 0.3) is 0 Å². The van der Waals surface area contributed by atoms with Gasteiger partial charge in [0, 0.05) is 78.0 Å². The molecule has 19 nitrogen and oxygen atoms in total. The Morgan fingerprint density at radius 3 is 0.786 bits per heavy atom. The van der Waals surface area contributed by atoms with Crippen LogP contribution in [0.5, 0.6) is 0 Å². The standard InChI is InChI=1S/C49H96N2O7.C39H78N2O6.C10H20O2/c1-7-13-17-20-21-25-30-36-47(52)55-42-40-51(39-38-50(11-5)12-6)41-43-56-49(54)58-46(34-28-19-15-9-3)35-29-24-22-23-26-31-37-48(53)57-44-45(32-16-10-4)33-27-18-14-8-2;1-6-11-14-20-25-36(24-13-8-3)35-46-38(43)28-23-19-17-16-18-22-27-37(26-21-15-12-7-2)47-39(44)45-34-32-41(31-33-42)30-29-40(9-4)10-5;1-2-3-4-5-6-7-8-9-10(11)12/h45-46H,7-44H2,1-6H3;36-37,42H,6-35H2,1-5H3;2-9H2,1H3,(H,11,12). The fraction of sp³-hybridized carbons (Fsp3) is 0.939. The van der Waals surface area contributed by atoms with Crippen molar-refractivity contribution in [1.29, 1.82) is 0 Å². The molecule has 0 aliphatic carbocycles. The van der Waals surface area contributed by atoms with Gasteiger partial charge in [0.2, 0.25) is 0 Å². The van der Waals surface area contributed by atoms with Crippen LogP contribution in [0.2, 0.25) is 0 Å². The van der Waals surface area contributed by atoms with Crippen LogP contribution in [0.15, 0.2) is 0 Å². The number of esters is 3. The van der Waals surface area contributed by atoms with Crippen LogP contribution >= 0.6 is 0 Å². The van der Waals surface area contributed by atoms with Gasteiger partial charge in [0.05, 0.1) is 19.8 Å². The van der Waals surface area contributed by atoms with Crippen molar-refractivity contribution < 1.29 is 72.1 Å². The molecule has 696 valence electrons. The van der Waals surface area contributed by atoms with Crippen molar-refractivity contribution in [1.82, 2.24) is 19.6 Å². The van der Waals surface area contributed by atoms with Gasteiger partial charge in [-0.3, -0.25) is 29.0 Å². The van der Waals surface area contributed by atoms with Gasteiger partial charge in [-0.1, -0.05) is 327 Å². The number of carbonyl (C=O) groups excluding carboxylic acids is 5. The second kappa shape index (κ2) is 94.5. The number of unbranched alkanes of at least 4 members (excludes halogenated alkanes) is 36. The minimum Gasteiger partial charge on any atom is -0.481 e. The number of nitrogens with zero attached hydrogens (tertiary/aromatic N) is 4. The highest BCUT2D eigenvalue weighted by Crippen LogP contribution is 2.24. The van der Waals surface area contributed by atoms with Gasteiger partial charge in [-0.2, -0.15) is 0 Å². The minimum absolute atomic E-state index is 0.0317. The van der Waals surface area contributed by atoms with E-state index >= 15 is 0 Å². The van der Waals surface area contributed by atoms with Crippen LogP contribution < -0.4 is 0 Å². The minimum atomic E-state index is -0.663. The molecule has 4 unspecified atom stereocenters. The topological polar surface area (TPSA) is 220 Å². The van der Waals surface area contributed by atoms with Gasteiger partial charge in [0.15, 0.2) is 0 Å². The summed E-state index contributed by atoms with van der Waals surface area (Å²) >= 11 is 0. The first kappa shape index (κ1) is 117. The number of aliphatic hydroxyl groups is 1. The number of hydrogen-bond acceptors (Lipinski definition) is 18. The van der Waals surface area contributed by atoms with Crippen LogP contribution in [0, 0.1) is 11.8 Å². The smallest absolute Gasteiger partial charge is 0.481 e. The molecule has 0 saturated heterocycles. The largest absolute Gasteiger partial charge is 0.508 e. The van der Waals surface area contributed by atoms with E-state index in [1.165, 1.54) is 193 Å². The monoisotopic (exact) mass is 1670 g/mol. The summed E-state index contributed by atoms with van der Waals surface area (Å²) in [5, 5.41) is 17.8. The second-order valence-corrected chi connectivity index (χ2v) is 33.6. The molecule has 19 heteroatoms. The van der Waals surface area contributed by atoms with E-state index in [9.17, 15) is 33.9 Å². The van der Waals surface area contributed by atoms with E-state index in [2.05, 4.69) is 103 Å². The molecule has 0 rings (SSSR count). The van der Waals surface area contributed by atoms with Crippen LogP contribution in [0.3, 0.4) is 0 Å². The molecule has 0 saturated carbocycles. The lowest BCUT2D eigenvalue weighted by Crippen LogP contribution is -2.39. The predicted molar refractivity (Wildman–Crippen MR) is 489 cm³/mol. The first-order valence-corrected chi connectivity index (χ1v) is 49.9. The molecule has 0 aliphatic rings. The van der Waals surface area contributed by atoms with Gasteiger partial charge in [0.1, 0.15) is 32.0 Å². The average molecular weight is 1670 g/mol. The number of aliphatic carboxylic acids is 1. The number of rotatable bonds is 87. The van der Waals surface area contributed by atoms with Gasteiger partial charge < -0.3 is 53.2 Å². The Bertz CT molecular complexity index is 2100. The first-order valence-electron chi connectivity index (χ1n) is 49.9. The lowest BCUT2D eigenvalue weighted by molar-refractivity contribution is -0.146. The lowest BCUT2D eigenvalue weighted by Gasteiger charge is -2.26. The zero-order chi connectivity index (χ0) is 86.8. The third kappa shape index (κ3) is 86.9. The number of hydrogen-bond donors (Lipinski definition) is 2. The first-order chi connectivity index (χ1) is 57.0. The van der Waals surface area contributed by atoms with E-state index in [1.54, 1.807) is 0 Å². The zero-order valence-corrected chi connectivity index (χ0v) is 79.0. The quantitative estimate of drug-likeness (QED) is 0.0328. The average Bonchev–Trinajstić information content (AvgIpc) is 0.921. The fourth-order valence-electron chi connectivity index (χ4n) is 14.8. The number of ether oxygens (including phenoxy) is 7. The summed E-state index contributed by atoms with van der Waals surface area (Å²) in [5.41, 5.74) is 0. The molecule has 0 aliphatic heterocycles. The third-order valence-electron chi connectivity index (χ3n) is 23.0. The van der Waals surface area contributed by atoms with Crippen molar-refractivity contribution in [2.75, 3.05) is 118 Å². The van der Waals surface area contributed by atoms with Crippen LogP contribution in [-0.4, -0.2) is 196 Å². The molecule has 0 fully saturated rings. The van der Waals surface area contributed by atoms with Crippen molar-refractivity contribution in [3.63, 3.8) is 0 Å². The summed E-state index contributed by atoms with van der Waals surface area (Å²) in [7, 11) is 0. The van der Waals surface area contributed by atoms with E-state index in [0.717, 1.165) is 206 Å². The van der Waals surface area contributed by atoms with Crippen molar-refractivity contribution in [2.24, 2.45) is 11.8 Å². The van der Waals surface area contributed by atoms with Crippen molar-refractivity contribution in [3.05, 3.63) is 0 Å². The van der Waals surface area contributed by atoms with Crippen molar-refractivity contribution in [2.45, 2.75) is 468 Å². The summed E-state index contributed by atoms with van der Waals surface area (Å²) < 4.78 is 39.7. The highest BCUT2D eigenvalue weighted by molar-refractivity contribution is 5.70. The second-order valence-electron chi connectivity index (χ2n) is 33.6. The normalized spacial score (nSPS) is 12.4. The van der Waals surface area contributed by atoms with Gasteiger partial charge >= 0.3 is 36.2 Å². The molecular weight excluding hydrogens is 1470 g/mol. The fourth-order valence-corrected chi connectivity index (χ4v) is 14.8. The van der Waals surface area contributed by atoms with Gasteiger partial charge in [-0.25, -0.2) is 9.59 Å². The summed E-state index contributed by atoms with van der Waals surface area (Å²) in [4.78, 5) is 81.8. The highest BCUT2D eigenvalue weighted by Gasteiger charge is 2.21.